The number of ether oxygens (including phenoxy) is 1. The third kappa shape index (κ3) is 3.35. The van der Waals surface area contributed by atoms with Crippen LogP contribution in [0.5, 0.6) is 0 Å². The summed E-state index contributed by atoms with van der Waals surface area (Å²) in [5.74, 6) is 0.840. The summed E-state index contributed by atoms with van der Waals surface area (Å²) in [5, 5.41) is 0.547. The molecule has 0 aromatic carbocycles. The second kappa shape index (κ2) is 6.55. The molecule has 0 fully saturated rings. The van der Waals surface area contributed by atoms with E-state index in [0.29, 0.717) is 11.8 Å². The van der Waals surface area contributed by atoms with Crippen molar-refractivity contribution in [3.05, 3.63) is 51.9 Å². The first-order valence-corrected chi connectivity index (χ1v) is 13.2. The van der Waals surface area contributed by atoms with E-state index in [-0.39, 0.29) is 5.41 Å². The van der Waals surface area contributed by atoms with Crippen molar-refractivity contribution in [2.45, 2.75) is 50.5 Å². The molecule has 0 amide bonds. The first-order chi connectivity index (χ1) is 12.4. The Balaban J connectivity index is 1.57. The smallest absolute Gasteiger partial charge is 0.155 e. The maximum atomic E-state index is 6.30. The van der Waals surface area contributed by atoms with Gasteiger partial charge in [0, 0.05) is 38.1 Å². The van der Waals surface area contributed by atoms with Gasteiger partial charge in [-0.1, -0.05) is 37.3 Å². The Morgan fingerprint density at radius 1 is 1.27 bits per heavy atom. The van der Waals surface area contributed by atoms with Crippen LogP contribution < -0.4 is 0 Å². The molecule has 3 heterocycles. The van der Waals surface area contributed by atoms with Crippen molar-refractivity contribution in [1.82, 2.24) is 9.97 Å². The van der Waals surface area contributed by atoms with E-state index in [9.17, 15) is 0 Å². The van der Waals surface area contributed by atoms with E-state index in [4.69, 9.17) is 16.3 Å². The average Bonchev–Trinajstić information content (AvgIpc) is 3.12. The predicted molar refractivity (Wildman–Crippen MR) is 109 cm³/mol. The summed E-state index contributed by atoms with van der Waals surface area (Å²) in [6, 6.07) is 7.29. The molecule has 136 valence electrons. The highest BCUT2D eigenvalue weighted by Gasteiger charge is 2.43. The van der Waals surface area contributed by atoms with Crippen LogP contribution in [0.3, 0.4) is 0 Å². The van der Waals surface area contributed by atoms with Crippen LogP contribution in [0.15, 0.2) is 29.4 Å². The molecule has 2 aliphatic rings. The monoisotopic (exact) mass is 385 g/mol. The zero-order chi connectivity index (χ0) is 18.4. The van der Waals surface area contributed by atoms with Gasteiger partial charge in [0.1, 0.15) is 5.15 Å². The van der Waals surface area contributed by atoms with Crippen LogP contribution in [0, 0.1) is 0 Å². The molecule has 2 aromatic heterocycles. The highest BCUT2D eigenvalue weighted by Crippen LogP contribution is 2.46. The third-order valence-corrected chi connectivity index (χ3v) is 7.16. The van der Waals surface area contributed by atoms with Gasteiger partial charge in [0.05, 0.1) is 12.3 Å². The lowest BCUT2D eigenvalue weighted by Crippen LogP contribution is -2.26. The first-order valence-electron chi connectivity index (χ1n) is 9.12. The van der Waals surface area contributed by atoms with Gasteiger partial charge in [-0.3, -0.25) is 0 Å². The minimum Gasteiger partial charge on any atom is -0.375 e. The highest BCUT2D eigenvalue weighted by atomic mass is 35.5. The average molecular weight is 386 g/mol. The molecule has 1 atom stereocenters. The van der Waals surface area contributed by atoms with Gasteiger partial charge in [-0.2, -0.15) is 0 Å². The molecule has 0 unspecified atom stereocenters. The van der Waals surface area contributed by atoms with Crippen LogP contribution in [0.4, 0.5) is 5.82 Å². The zero-order valence-electron chi connectivity index (χ0n) is 15.6. The van der Waals surface area contributed by atoms with Gasteiger partial charge < -0.3 is 4.74 Å². The highest BCUT2D eigenvalue weighted by molar-refractivity contribution is 6.76. The fraction of sp³-hybridized carbons (Fsp3) is 0.450. The maximum absolute atomic E-state index is 6.30. The van der Waals surface area contributed by atoms with Crippen LogP contribution in [0.2, 0.25) is 30.8 Å². The lowest BCUT2D eigenvalue weighted by Gasteiger charge is -2.20. The van der Waals surface area contributed by atoms with Crippen molar-refractivity contribution in [1.29, 1.82) is 0 Å². The molecule has 4 rings (SSSR count). The van der Waals surface area contributed by atoms with Crippen molar-refractivity contribution in [3.63, 3.8) is 0 Å². The van der Waals surface area contributed by atoms with E-state index in [1.54, 1.807) is 6.20 Å². The van der Waals surface area contributed by atoms with Crippen molar-refractivity contribution < 1.29 is 4.74 Å². The number of hydrogen-bond donors (Lipinski definition) is 0. The van der Waals surface area contributed by atoms with Crippen LogP contribution in [-0.4, -0.2) is 30.9 Å². The normalized spacial score (nSPS) is 20.6. The summed E-state index contributed by atoms with van der Waals surface area (Å²) in [5.41, 5.74) is 4.61. The van der Waals surface area contributed by atoms with E-state index in [2.05, 4.69) is 46.9 Å². The number of nitrogens with zero attached hydrogens (tertiary/aromatic N) is 3. The summed E-state index contributed by atoms with van der Waals surface area (Å²) in [6.07, 6.45) is 5.65. The second-order valence-electron chi connectivity index (χ2n) is 8.54. The largest absolute Gasteiger partial charge is 0.375 e. The first kappa shape index (κ1) is 17.8. The summed E-state index contributed by atoms with van der Waals surface area (Å²) < 4.78 is 5.96. The maximum Gasteiger partial charge on any atom is 0.155 e. The predicted octanol–water partition coefficient (Wildman–Crippen LogP) is 4.74. The minimum atomic E-state index is -1.09. The van der Waals surface area contributed by atoms with Gasteiger partial charge in [0.25, 0.3) is 0 Å². The van der Waals surface area contributed by atoms with Gasteiger partial charge in [-0.05, 0) is 42.1 Å². The summed E-state index contributed by atoms with van der Waals surface area (Å²) in [6.45, 7) is 8.40. The van der Waals surface area contributed by atoms with Crippen molar-refractivity contribution in [3.8, 4) is 0 Å². The van der Waals surface area contributed by atoms with Crippen LogP contribution in [0.25, 0.3) is 0 Å². The van der Waals surface area contributed by atoms with Crippen LogP contribution in [-0.2, 0) is 29.6 Å². The summed E-state index contributed by atoms with van der Waals surface area (Å²) >= 11 is 6.30. The van der Waals surface area contributed by atoms with Crippen LogP contribution >= 0.6 is 11.6 Å². The Kier molecular flexibility index (Phi) is 4.49. The fourth-order valence-electron chi connectivity index (χ4n) is 3.83. The molecule has 1 aliphatic heterocycles. The number of aliphatic imine (C=N–C) groups is 1. The SMILES string of the molecule is C[Si](C)(C)CCOCc1nc(Cl)cc2c1C[C@@]1(C=Nc3ncccc31)C2. The third-order valence-electron chi connectivity index (χ3n) is 5.26. The number of hydrogen-bond acceptors (Lipinski definition) is 4. The Morgan fingerprint density at radius 3 is 2.92 bits per heavy atom. The standard InChI is InChI=1S/C20H24ClN3OSi/c1-26(2,3)8-7-25-12-17-15-11-20(10-14(15)9-18(21)24-17)13-23-19-16(20)5-4-6-22-19/h4-6,9,13H,7-8,10-12H2,1-3H3/t20-/m1/s1. The molecule has 2 aromatic rings. The van der Waals surface area contributed by atoms with Gasteiger partial charge in [0.15, 0.2) is 5.82 Å². The molecular weight excluding hydrogens is 362 g/mol. The van der Waals surface area contributed by atoms with Gasteiger partial charge in [-0.15, -0.1) is 0 Å². The van der Waals surface area contributed by atoms with Gasteiger partial charge >= 0.3 is 0 Å². The molecule has 0 radical (unpaired) electrons. The molecule has 1 spiro atoms. The molecular formula is C20H24ClN3OSi. The Hall–Kier alpha value is -1.56. The molecule has 6 heteroatoms. The Labute approximate surface area is 160 Å². The fourth-order valence-corrected chi connectivity index (χ4v) is 4.82. The van der Waals surface area contributed by atoms with Crippen molar-refractivity contribution in [2.75, 3.05) is 6.61 Å². The lowest BCUT2D eigenvalue weighted by atomic mass is 9.80. The molecule has 0 bridgehead atoms. The summed E-state index contributed by atoms with van der Waals surface area (Å²) in [7, 11) is -1.09. The number of fused-ring (bicyclic) bond motifs is 3. The Bertz CT molecular complexity index is 878. The van der Waals surface area contributed by atoms with E-state index >= 15 is 0 Å². The topological polar surface area (TPSA) is 47.4 Å². The molecule has 1 aliphatic carbocycles. The molecule has 26 heavy (non-hydrogen) atoms. The molecule has 0 N–H and O–H groups in total. The molecule has 0 saturated heterocycles. The number of rotatable bonds is 5. The van der Waals surface area contributed by atoms with Crippen molar-refractivity contribution >= 4 is 31.7 Å². The number of halogens is 1. The van der Waals surface area contributed by atoms with E-state index in [0.717, 1.165) is 37.0 Å². The minimum absolute atomic E-state index is 0.106. The molecule has 4 nitrogen and oxygen atoms in total. The second-order valence-corrected chi connectivity index (χ2v) is 14.5. The lowest BCUT2D eigenvalue weighted by molar-refractivity contribution is 0.130. The van der Waals surface area contributed by atoms with E-state index in [1.807, 2.05) is 12.1 Å². The zero-order valence-corrected chi connectivity index (χ0v) is 17.3. The van der Waals surface area contributed by atoms with Crippen LogP contribution in [0.1, 0.15) is 22.4 Å². The van der Waals surface area contributed by atoms with Crippen molar-refractivity contribution in [2.24, 2.45) is 4.99 Å². The molecule has 0 saturated carbocycles. The quantitative estimate of drug-likeness (QED) is 0.424. The van der Waals surface area contributed by atoms with E-state index in [1.165, 1.54) is 16.7 Å². The number of pyridine rings is 2. The van der Waals surface area contributed by atoms with Gasteiger partial charge in [-0.25, -0.2) is 15.0 Å². The number of aromatic nitrogens is 2. The Morgan fingerprint density at radius 2 is 2.12 bits per heavy atom. The van der Waals surface area contributed by atoms with E-state index < -0.39 is 8.07 Å². The van der Waals surface area contributed by atoms with Gasteiger partial charge in [0.2, 0.25) is 0 Å². The summed E-state index contributed by atoms with van der Waals surface area (Å²) in [4.78, 5) is 13.5.